The summed E-state index contributed by atoms with van der Waals surface area (Å²) in [6, 6.07) is 36.5. The first-order chi connectivity index (χ1) is 16.6. The fourth-order valence-corrected chi connectivity index (χ4v) is 5.59. The van der Waals surface area contributed by atoms with Crippen LogP contribution in [-0.2, 0) is 15.9 Å². The molecule has 0 saturated carbocycles. The number of rotatable bonds is 5. The van der Waals surface area contributed by atoms with E-state index < -0.39 is 17.2 Å². The summed E-state index contributed by atoms with van der Waals surface area (Å²) in [6.45, 7) is 1.92. The summed E-state index contributed by atoms with van der Waals surface area (Å²) in [6.07, 6.45) is 0. The van der Waals surface area contributed by atoms with Crippen LogP contribution in [0.2, 0.25) is 0 Å². The van der Waals surface area contributed by atoms with Crippen molar-refractivity contribution in [1.29, 1.82) is 0 Å². The number of amides is 2. The van der Waals surface area contributed by atoms with E-state index in [1.54, 1.807) is 24.3 Å². The number of epoxide rings is 1. The molecule has 0 spiro atoms. The van der Waals surface area contributed by atoms with Gasteiger partial charge in [-0.15, -0.1) is 0 Å². The minimum atomic E-state index is -0.954. The zero-order valence-corrected chi connectivity index (χ0v) is 18.7. The molecular weight excluding hydrogens is 422 g/mol. The van der Waals surface area contributed by atoms with Gasteiger partial charge in [0.2, 0.25) is 0 Å². The minimum absolute atomic E-state index is 0.283. The maximum atomic E-state index is 13.5. The van der Waals surface area contributed by atoms with Gasteiger partial charge in [0.15, 0.2) is 11.2 Å². The Labute approximate surface area is 198 Å². The van der Waals surface area contributed by atoms with Gasteiger partial charge in [-0.25, -0.2) is 0 Å². The fourth-order valence-electron chi connectivity index (χ4n) is 5.59. The molecule has 0 aromatic heterocycles. The summed E-state index contributed by atoms with van der Waals surface area (Å²) in [7, 11) is 0. The first-order valence-electron chi connectivity index (χ1n) is 11.4. The molecule has 4 heteroatoms. The molecule has 2 heterocycles. The van der Waals surface area contributed by atoms with Gasteiger partial charge in [-0.1, -0.05) is 103 Å². The monoisotopic (exact) mass is 445 g/mol. The van der Waals surface area contributed by atoms with Crippen LogP contribution in [0.1, 0.15) is 44.3 Å². The van der Waals surface area contributed by atoms with Crippen LogP contribution in [0.5, 0.6) is 0 Å². The summed E-state index contributed by atoms with van der Waals surface area (Å²) in [4.78, 5) is 28.4. The number of carbonyl (C=O) groups excluding carboxylic acids is 2. The number of benzene rings is 4. The Morgan fingerprint density at radius 2 is 0.971 bits per heavy atom. The van der Waals surface area contributed by atoms with Gasteiger partial charge in [-0.2, -0.15) is 0 Å². The molecule has 6 rings (SSSR count). The van der Waals surface area contributed by atoms with Crippen molar-refractivity contribution in [3.8, 4) is 0 Å². The molecule has 4 nitrogen and oxygen atoms in total. The Kier molecular flexibility index (Phi) is 4.54. The fraction of sp³-hybridized carbons (Fsp3) is 0.133. The summed E-state index contributed by atoms with van der Waals surface area (Å²) < 4.78 is 6.87. The molecule has 2 amide bonds. The lowest BCUT2D eigenvalue weighted by Crippen LogP contribution is -2.48. The minimum Gasteiger partial charge on any atom is -0.345 e. The third-order valence-electron chi connectivity index (χ3n) is 7.16. The van der Waals surface area contributed by atoms with Gasteiger partial charge in [0.1, 0.15) is 0 Å². The molecule has 166 valence electrons. The third-order valence-corrected chi connectivity index (χ3v) is 7.16. The average Bonchev–Trinajstić information content (AvgIpc) is 3.56. The van der Waals surface area contributed by atoms with Gasteiger partial charge in [0.25, 0.3) is 11.8 Å². The van der Waals surface area contributed by atoms with Crippen LogP contribution < -0.4 is 0 Å². The Bertz CT molecular complexity index is 1310. The highest BCUT2D eigenvalue weighted by atomic mass is 16.6. The van der Waals surface area contributed by atoms with Crippen LogP contribution in [-0.4, -0.2) is 22.8 Å². The van der Waals surface area contributed by atoms with Gasteiger partial charge >= 0.3 is 0 Å². The molecule has 0 radical (unpaired) electrons. The normalized spacial score (nSPS) is 21.3. The highest BCUT2D eigenvalue weighted by Crippen LogP contribution is 2.68. The zero-order valence-electron chi connectivity index (χ0n) is 18.7. The molecule has 4 aromatic rings. The maximum Gasteiger partial charge on any atom is 0.261 e. The van der Waals surface area contributed by atoms with Crippen molar-refractivity contribution in [3.05, 3.63) is 143 Å². The van der Waals surface area contributed by atoms with Crippen molar-refractivity contribution >= 4 is 11.8 Å². The largest absolute Gasteiger partial charge is 0.345 e. The second kappa shape index (κ2) is 7.51. The van der Waals surface area contributed by atoms with Crippen LogP contribution >= 0.6 is 0 Å². The van der Waals surface area contributed by atoms with E-state index in [1.165, 1.54) is 4.90 Å². The standard InChI is InChI=1S/C30H23NO3/c1-21(31-27(32)25-19-11-12-20-26(25)28(31)33)29(22-13-5-2-6-14-22)30(34-29,23-15-7-3-8-16-23)24-17-9-4-10-18-24/h2-21H,1H3. The molecule has 2 aliphatic heterocycles. The first-order valence-corrected chi connectivity index (χ1v) is 11.4. The van der Waals surface area contributed by atoms with E-state index in [-0.39, 0.29) is 11.8 Å². The van der Waals surface area contributed by atoms with E-state index in [9.17, 15) is 9.59 Å². The second-order valence-corrected chi connectivity index (χ2v) is 8.82. The van der Waals surface area contributed by atoms with Crippen molar-refractivity contribution in [3.63, 3.8) is 0 Å². The van der Waals surface area contributed by atoms with Crippen LogP contribution in [0.15, 0.2) is 115 Å². The Balaban J connectivity index is 1.57. The van der Waals surface area contributed by atoms with E-state index in [4.69, 9.17) is 4.74 Å². The van der Waals surface area contributed by atoms with Crippen molar-refractivity contribution in [2.24, 2.45) is 0 Å². The van der Waals surface area contributed by atoms with Crippen molar-refractivity contribution < 1.29 is 14.3 Å². The quantitative estimate of drug-likeness (QED) is 0.299. The van der Waals surface area contributed by atoms with Crippen LogP contribution in [0.25, 0.3) is 0 Å². The lowest BCUT2D eigenvalue weighted by molar-refractivity contribution is 0.0504. The van der Waals surface area contributed by atoms with E-state index >= 15 is 0 Å². The van der Waals surface area contributed by atoms with Gasteiger partial charge in [-0.3, -0.25) is 14.5 Å². The van der Waals surface area contributed by atoms with Crippen molar-refractivity contribution in [1.82, 2.24) is 4.90 Å². The molecule has 0 bridgehead atoms. The van der Waals surface area contributed by atoms with Gasteiger partial charge < -0.3 is 4.74 Å². The Morgan fingerprint density at radius 3 is 1.41 bits per heavy atom. The Hall–Kier alpha value is -4.02. The maximum absolute atomic E-state index is 13.5. The number of hydrogen-bond donors (Lipinski definition) is 0. The molecular formula is C30H23NO3. The molecule has 34 heavy (non-hydrogen) atoms. The van der Waals surface area contributed by atoms with Crippen molar-refractivity contribution in [2.45, 2.75) is 24.2 Å². The number of imide groups is 1. The highest BCUT2D eigenvalue weighted by Gasteiger charge is 2.76. The summed E-state index contributed by atoms with van der Waals surface area (Å²) in [5, 5.41) is 0. The van der Waals surface area contributed by atoms with Crippen LogP contribution in [0.3, 0.4) is 0 Å². The van der Waals surface area contributed by atoms with E-state index in [1.807, 2.05) is 97.9 Å². The zero-order chi connectivity index (χ0) is 23.3. The van der Waals surface area contributed by atoms with Gasteiger partial charge in [0.05, 0.1) is 17.2 Å². The molecule has 2 atom stereocenters. The first kappa shape index (κ1) is 20.6. The predicted octanol–water partition coefficient (Wildman–Crippen LogP) is 5.54. The van der Waals surface area contributed by atoms with Crippen LogP contribution in [0.4, 0.5) is 0 Å². The number of ether oxygens (including phenoxy) is 1. The molecule has 0 aliphatic carbocycles. The third kappa shape index (κ3) is 2.63. The van der Waals surface area contributed by atoms with Gasteiger partial charge in [0, 0.05) is 0 Å². The average molecular weight is 446 g/mol. The SMILES string of the molecule is CC(N1C(=O)c2ccccc2C1=O)C1(c2ccccc2)OC1(c1ccccc1)c1ccccc1. The lowest BCUT2D eigenvalue weighted by atomic mass is 9.73. The number of nitrogens with zero attached hydrogens (tertiary/aromatic N) is 1. The lowest BCUT2D eigenvalue weighted by Gasteiger charge is -2.32. The number of fused-ring (bicyclic) bond motifs is 1. The number of carbonyl (C=O) groups is 2. The topological polar surface area (TPSA) is 49.9 Å². The van der Waals surface area contributed by atoms with E-state index in [0.29, 0.717) is 11.1 Å². The summed E-state index contributed by atoms with van der Waals surface area (Å²) >= 11 is 0. The highest BCUT2D eigenvalue weighted by molar-refractivity contribution is 6.21. The van der Waals surface area contributed by atoms with Crippen LogP contribution in [0, 0.1) is 0 Å². The second-order valence-electron chi connectivity index (χ2n) is 8.82. The summed E-state index contributed by atoms with van der Waals surface area (Å²) in [5.74, 6) is -0.567. The molecule has 4 aromatic carbocycles. The van der Waals surface area contributed by atoms with Gasteiger partial charge in [-0.05, 0) is 35.7 Å². The van der Waals surface area contributed by atoms with Crippen molar-refractivity contribution in [2.75, 3.05) is 0 Å². The molecule has 2 aliphatic rings. The molecule has 1 fully saturated rings. The summed E-state index contributed by atoms with van der Waals surface area (Å²) in [5.41, 5.74) is 1.95. The van der Waals surface area contributed by atoms with E-state index in [0.717, 1.165) is 16.7 Å². The predicted molar refractivity (Wildman–Crippen MR) is 129 cm³/mol. The molecule has 0 N–H and O–H groups in total. The number of hydrogen-bond acceptors (Lipinski definition) is 3. The van der Waals surface area contributed by atoms with E-state index in [2.05, 4.69) is 0 Å². The molecule has 1 saturated heterocycles. The molecule has 2 unspecified atom stereocenters. The smallest absolute Gasteiger partial charge is 0.261 e. The Morgan fingerprint density at radius 1 is 0.588 bits per heavy atom.